The fourth-order valence-electron chi connectivity index (χ4n) is 1.00. The van der Waals surface area contributed by atoms with Gasteiger partial charge in [-0.3, -0.25) is 10.1 Å². The molecule has 0 heterocycles. The first-order valence-electron chi connectivity index (χ1n) is 3.67. The van der Waals surface area contributed by atoms with Gasteiger partial charge in [0.25, 0.3) is 5.69 Å². The van der Waals surface area contributed by atoms with Crippen LogP contribution in [-0.2, 0) is 6.54 Å². The average molecular weight is 212 g/mol. The van der Waals surface area contributed by atoms with E-state index in [1.54, 1.807) is 6.07 Å². The zero-order chi connectivity index (χ0) is 10.7. The summed E-state index contributed by atoms with van der Waals surface area (Å²) in [6.45, 7) is 0.0647. The number of hydrogen-bond donors (Lipinski definition) is 1. The van der Waals surface area contributed by atoms with E-state index in [4.69, 9.17) is 22.6 Å². The molecule has 0 aliphatic carbocycles. The maximum Gasteiger partial charge on any atom is 0.271 e. The van der Waals surface area contributed by atoms with Crippen LogP contribution in [0.1, 0.15) is 11.1 Å². The van der Waals surface area contributed by atoms with Gasteiger partial charge in [-0.2, -0.15) is 5.26 Å². The van der Waals surface area contributed by atoms with Crippen molar-refractivity contribution in [2.75, 3.05) is 0 Å². The maximum absolute atomic E-state index is 10.5. The maximum atomic E-state index is 10.5. The Bertz CT molecular complexity index is 425. The van der Waals surface area contributed by atoms with E-state index in [0.717, 1.165) is 6.07 Å². The molecule has 0 saturated heterocycles. The molecule has 5 nitrogen and oxygen atoms in total. The minimum Gasteiger partial charge on any atom is -0.326 e. The Kier molecular flexibility index (Phi) is 3.02. The van der Waals surface area contributed by atoms with E-state index in [9.17, 15) is 10.1 Å². The molecule has 1 aromatic rings. The van der Waals surface area contributed by atoms with Crippen LogP contribution in [0.4, 0.5) is 5.69 Å². The average Bonchev–Trinajstić information content (AvgIpc) is 2.17. The minimum atomic E-state index is -0.587. The van der Waals surface area contributed by atoms with Crippen LogP contribution in [0.5, 0.6) is 0 Å². The van der Waals surface area contributed by atoms with Crippen LogP contribution >= 0.6 is 11.6 Å². The predicted molar refractivity (Wildman–Crippen MR) is 50.7 cm³/mol. The lowest BCUT2D eigenvalue weighted by atomic mass is 10.1. The summed E-state index contributed by atoms with van der Waals surface area (Å²) in [6, 6.07) is 4.17. The zero-order valence-electron chi connectivity index (χ0n) is 7.03. The third-order valence-electron chi connectivity index (χ3n) is 1.68. The van der Waals surface area contributed by atoms with Crippen LogP contribution in [0.15, 0.2) is 12.1 Å². The summed E-state index contributed by atoms with van der Waals surface area (Å²) >= 11 is 5.76. The molecule has 1 rings (SSSR count). The summed E-state index contributed by atoms with van der Waals surface area (Å²) in [4.78, 5) is 9.87. The third-order valence-corrected chi connectivity index (χ3v) is 2.13. The van der Waals surface area contributed by atoms with E-state index in [1.807, 2.05) is 0 Å². The number of benzene rings is 1. The highest BCUT2D eigenvalue weighted by Crippen LogP contribution is 2.26. The molecule has 0 amide bonds. The fraction of sp³-hybridized carbons (Fsp3) is 0.125. The largest absolute Gasteiger partial charge is 0.326 e. The Hall–Kier alpha value is -1.64. The van der Waals surface area contributed by atoms with E-state index < -0.39 is 4.92 Å². The Balaban J connectivity index is 3.41. The second kappa shape index (κ2) is 4.05. The van der Waals surface area contributed by atoms with Crippen molar-refractivity contribution in [1.82, 2.24) is 0 Å². The summed E-state index contributed by atoms with van der Waals surface area (Å²) in [7, 11) is 0. The number of rotatable bonds is 2. The molecule has 1 aromatic carbocycles. The third kappa shape index (κ3) is 1.82. The number of nitrogens with two attached hydrogens (primary N) is 1. The van der Waals surface area contributed by atoms with Crippen molar-refractivity contribution in [3.8, 4) is 6.07 Å². The second-order valence-electron chi connectivity index (χ2n) is 2.54. The zero-order valence-corrected chi connectivity index (χ0v) is 7.78. The standard InChI is InChI=1S/C8H6ClN3O2/c9-8-5(3-10)1-7(12(13)14)2-6(8)4-11/h1-2H,3,10H2. The van der Waals surface area contributed by atoms with Gasteiger partial charge in [-0.1, -0.05) is 11.6 Å². The molecule has 0 aliphatic rings. The summed E-state index contributed by atoms with van der Waals surface area (Å²) in [5, 5.41) is 19.3. The summed E-state index contributed by atoms with van der Waals surface area (Å²) in [5.74, 6) is 0. The van der Waals surface area contributed by atoms with Gasteiger partial charge < -0.3 is 5.73 Å². The van der Waals surface area contributed by atoms with Gasteiger partial charge in [-0.25, -0.2) is 0 Å². The van der Waals surface area contributed by atoms with E-state index in [1.165, 1.54) is 6.07 Å². The first-order valence-corrected chi connectivity index (χ1v) is 4.05. The van der Waals surface area contributed by atoms with Gasteiger partial charge in [0.05, 0.1) is 15.5 Å². The van der Waals surface area contributed by atoms with Gasteiger partial charge in [-0.05, 0) is 5.56 Å². The minimum absolute atomic E-state index is 0.0647. The van der Waals surface area contributed by atoms with Crippen molar-refractivity contribution in [3.63, 3.8) is 0 Å². The molecule has 0 radical (unpaired) electrons. The molecule has 0 aliphatic heterocycles. The molecule has 0 aromatic heterocycles. The summed E-state index contributed by atoms with van der Waals surface area (Å²) in [6.07, 6.45) is 0. The summed E-state index contributed by atoms with van der Waals surface area (Å²) in [5.41, 5.74) is 5.62. The summed E-state index contributed by atoms with van der Waals surface area (Å²) < 4.78 is 0. The molecule has 0 fully saturated rings. The van der Waals surface area contributed by atoms with Crippen LogP contribution in [0, 0.1) is 21.4 Å². The Labute approximate surface area is 84.8 Å². The lowest BCUT2D eigenvalue weighted by molar-refractivity contribution is -0.384. The van der Waals surface area contributed by atoms with Gasteiger partial charge in [-0.15, -0.1) is 0 Å². The van der Waals surface area contributed by atoms with E-state index in [0.29, 0.717) is 5.56 Å². The highest BCUT2D eigenvalue weighted by atomic mass is 35.5. The Morgan fingerprint density at radius 1 is 1.64 bits per heavy atom. The number of nitrogens with zero attached hydrogens (tertiary/aromatic N) is 2. The molecular formula is C8H6ClN3O2. The molecule has 0 unspecified atom stereocenters. The monoisotopic (exact) mass is 211 g/mol. The van der Waals surface area contributed by atoms with Crippen LogP contribution < -0.4 is 5.73 Å². The molecule has 0 bridgehead atoms. The number of nitriles is 1. The van der Waals surface area contributed by atoms with E-state index in [-0.39, 0.29) is 22.8 Å². The van der Waals surface area contributed by atoms with Crippen molar-refractivity contribution < 1.29 is 4.92 Å². The van der Waals surface area contributed by atoms with Crippen molar-refractivity contribution in [1.29, 1.82) is 5.26 Å². The highest BCUT2D eigenvalue weighted by molar-refractivity contribution is 6.32. The lowest BCUT2D eigenvalue weighted by Gasteiger charge is -2.02. The van der Waals surface area contributed by atoms with Crippen molar-refractivity contribution in [2.45, 2.75) is 6.54 Å². The van der Waals surface area contributed by atoms with Crippen LogP contribution in [0.25, 0.3) is 0 Å². The quantitative estimate of drug-likeness (QED) is 0.594. The smallest absolute Gasteiger partial charge is 0.271 e. The lowest BCUT2D eigenvalue weighted by Crippen LogP contribution is -2.00. The first kappa shape index (κ1) is 10.4. The fourth-order valence-corrected chi connectivity index (χ4v) is 1.23. The molecule has 2 N–H and O–H groups in total. The number of nitro groups is 1. The van der Waals surface area contributed by atoms with Gasteiger partial charge in [0.1, 0.15) is 6.07 Å². The Morgan fingerprint density at radius 2 is 2.29 bits per heavy atom. The number of non-ortho nitro benzene ring substituents is 1. The van der Waals surface area contributed by atoms with Gasteiger partial charge in [0, 0.05) is 18.7 Å². The molecular weight excluding hydrogens is 206 g/mol. The van der Waals surface area contributed by atoms with Crippen LogP contribution in [0.3, 0.4) is 0 Å². The number of hydrogen-bond acceptors (Lipinski definition) is 4. The van der Waals surface area contributed by atoms with Gasteiger partial charge in [0.15, 0.2) is 0 Å². The molecule has 0 atom stereocenters. The molecule has 0 spiro atoms. The predicted octanol–water partition coefficient (Wildman–Crippen LogP) is 1.58. The normalized spacial score (nSPS) is 9.50. The van der Waals surface area contributed by atoms with Crippen molar-refractivity contribution in [2.24, 2.45) is 5.73 Å². The van der Waals surface area contributed by atoms with Gasteiger partial charge >= 0.3 is 0 Å². The van der Waals surface area contributed by atoms with Crippen molar-refractivity contribution >= 4 is 17.3 Å². The number of halogens is 1. The topological polar surface area (TPSA) is 92.9 Å². The second-order valence-corrected chi connectivity index (χ2v) is 2.92. The SMILES string of the molecule is N#Cc1cc([N+](=O)[O-])cc(CN)c1Cl. The van der Waals surface area contributed by atoms with Gasteiger partial charge in [0.2, 0.25) is 0 Å². The Morgan fingerprint density at radius 3 is 2.71 bits per heavy atom. The van der Waals surface area contributed by atoms with E-state index >= 15 is 0 Å². The van der Waals surface area contributed by atoms with Crippen LogP contribution in [0.2, 0.25) is 5.02 Å². The van der Waals surface area contributed by atoms with Crippen LogP contribution in [-0.4, -0.2) is 4.92 Å². The molecule has 6 heteroatoms. The number of nitro benzene ring substituents is 1. The molecule has 72 valence electrons. The molecule has 14 heavy (non-hydrogen) atoms. The highest BCUT2D eigenvalue weighted by Gasteiger charge is 2.13. The van der Waals surface area contributed by atoms with Crippen molar-refractivity contribution in [3.05, 3.63) is 38.4 Å². The van der Waals surface area contributed by atoms with E-state index in [2.05, 4.69) is 0 Å². The first-order chi connectivity index (χ1) is 6.60. The molecule has 0 saturated carbocycles.